The molecule has 21 heavy (non-hydrogen) atoms. The van der Waals surface area contributed by atoms with Gasteiger partial charge in [-0.15, -0.1) is 0 Å². The highest BCUT2D eigenvalue weighted by Gasteiger charge is 2.20. The van der Waals surface area contributed by atoms with Crippen molar-refractivity contribution >= 4 is 0 Å². The van der Waals surface area contributed by atoms with E-state index in [0.717, 1.165) is 12.5 Å². The lowest BCUT2D eigenvalue weighted by Gasteiger charge is -2.27. The summed E-state index contributed by atoms with van der Waals surface area (Å²) in [5, 5.41) is 3.48. The minimum absolute atomic E-state index is 0.464. The normalized spacial score (nSPS) is 24.5. The maximum atomic E-state index is 5.85. The van der Waals surface area contributed by atoms with E-state index in [2.05, 4.69) is 36.6 Å². The van der Waals surface area contributed by atoms with Gasteiger partial charge in [0, 0.05) is 12.6 Å². The molecule has 1 aliphatic carbocycles. The summed E-state index contributed by atoms with van der Waals surface area (Å²) in [5.74, 6) is 0.836. The molecule has 0 amide bonds. The Balaban J connectivity index is 1.54. The van der Waals surface area contributed by atoms with Crippen molar-refractivity contribution in [1.82, 2.24) is 5.32 Å². The number of hydrogen-bond acceptors (Lipinski definition) is 2. The lowest BCUT2D eigenvalue weighted by Crippen LogP contribution is -2.23. The zero-order valence-electron chi connectivity index (χ0n) is 13.3. The predicted molar refractivity (Wildman–Crippen MR) is 87.7 cm³/mol. The van der Waals surface area contributed by atoms with E-state index in [1.54, 1.807) is 0 Å². The van der Waals surface area contributed by atoms with Crippen molar-refractivity contribution in [2.45, 2.75) is 69.4 Å². The fourth-order valence-electron chi connectivity index (χ4n) is 3.61. The average Bonchev–Trinajstić information content (AvgIpc) is 2.49. The van der Waals surface area contributed by atoms with E-state index >= 15 is 0 Å². The second kappa shape index (κ2) is 7.42. The molecule has 2 heteroatoms. The topological polar surface area (TPSA) is 21.3 Å². The smallest absolute Gasteiger partial charge is 0.0575 e. The number of hydrogen-bond donors (Lipinski definition) is 1. The van der Waals surface area contributed by atoms with Crippen molar-refractivity contribution in [3.8, 4) is 0 Å². The molecule has 0 aromatic heterocycles. The molecule has 1 aromatic carbocycles. The lowest BCUT2D eigenvalue weighted by atomic mass is 9.79. The van der Waals surface area contributed by atoms with Gasteiger partial charge in [-0.25, -0.2) is 0 Å². The Kier molecular flexibility index (Phi) is 5.32. The van der Waals surface area contributed by atoms with Gasteiger partial charge in [-0.1, -0.05) is 30.7 Å². The average molecular weight is 287 g/mol. The summed E-state index contributed by atoms with van der Waals surface area (Å²) in [6.07, 6.45) is 10.8. The van der Waals surface area contributed by atoms with Gasteiger partial charge in [0.1, 0.15) is 0 Å². The van der Waals surface area contributed by atoms with E-state index in [9.17, 15) is 0 Å². The van der Waals surface area contributed by atoms with E-state index in [4.69, 9.17) is 4.74 Å². The van der Waals surface area contributed by atoms with Gasteiger partial charge in [0.15, 0.2) is 0 Å². The highest BCUT2D eigenvalue weighted by molar-refractivity contribution is 5.28. The summed E-state index contributed by atoms with van der Waals surface area (Å²) in [7, 11) is 2.08. The van der Waals surface area contributed by atoms with E-state index in [0.29, 0.717) is 12.1 Å². The van der Waals surface area contributed by atoms with Gasteiger partial charge in [0.2, 0.25) is 0 Å². The zero-order valence-corrected chi connectivity index (χ0v) is 13.3. The van der Waals surface area contributed by atoms with Crippen LogP contribution in [0, 0.1) is 0 Å². The molecular formula is C19H29NO. The van der Waals surface area contributed by atoms with Gasteiger partial charge in [0.05, 0.1) is 6.10 Å². The Morgan fingerprint density at radius 3 is 2.48 bits per heavy atom. The lowest BCUT2D eigenvalue weighted by molar-refractivity contribution is 0.00866. The number of nitrogens with one attached hydrogen (secondary N) is 1. The summed E-state index contributed by atoms with van der Waals surface area (Å²) in [6, 6.07) is 9.82. The first kappa shape index (κ1) is 15.1. The number of benzene rings is 1. The monoisotopic (exact) mass is 287 g/mol. The van der Waals surface area contributed by atoms with Gasteiger partial charge >= 0.3 is 0 Å². The predicted octanol–water partition coefficient (Wildman–Crippen LogP) is 4.56. The van der Waals surface area contributed by atoms with Crippen LogP contribution >= 0.6 is 0 Å². The van der Waals surface area contributed by atoms with Crippen LogP contribution in [-0.4, -0.2) is 19.8 Å². The molecule has 2 fully saturated rings. The molecule has 1 heterocycles. The summed E-state index contributed by atoms with van der Waals surface area (Å²) >= 11 is 0. The standard InChI is InChI=1S/C19H29NO/c1-20-19(13-12-18-7-2-3-14-21-18)17-10-8-16(9-11-17)15-5-4-6-15/h8-11,15,18-20H,2-7,12-14H2,1H3. The van der Waals surface area contributed by atoms with Crippen LogP contribution in [-0.2, 0) is 4.74 Å². The molecule has 0 radical (unpaired) electrons. The fraction of sp³-hybridized carbons (Fsp3) is 0.684. The molecule has 116 valence electrons. The molecular weight excluding hydrogens is 258 g/mol. The van der Waals surface area contributed by atoms with E-state index in [-0.39, 0.29) is 0 Å². The molecule has 0 spiro atoms. The Hall–Kier alpha value is -0.860. The largest absolute Gasteiger partial charge is 0.378 e. The zero-order chi connectivity index (χ0) is 14.5. The molecule has 2 aliphatic rings. The maximum Gasteiger partial charge on any atom is 0.0575 e. The van der Waals surface area contributed by atoms with Crippen LogP contribution in [0.5, 0.6) is 0 Å². The first-order valence-electron chi connectivity index (χ1n) is 8.75. The van der Waals surface area contributed by atoms with Crippen molar-refractivity contribution in [3.05, 3.63) is 35.4 Å². The van der Waals surface area contributed by atoms with E-state index in [1.807, 2.05) is 0 Å². The van der Waals surface area contributed by atoms with Gasteiger partial charge < -0.3 is 10.1 Å². The minimum atomic E-state index is 0.464. The Morgan fingerprint density at radius 2 is 1.90 bits per heavy atom. The van der Waals surface area contributed by atoms with Crippen LogP contribution in [0.1, 0.15) is 74.5 Å². The first-order valence-corrected chi connectivity index (χ1v) is 8.75. The molecule has 0 bridgehead atoms. The number of ether oxygens (including phenoxy) is 1. The van der Waals surface area contributed by atoms with Crippen molar-refractivity contribution in [2.24, 2.45) is 0 Å². The van der Waals surface area contributed by atoms with Gasteiger partial charge in [-0.3, -0.25) is 0 Å². The second-order valence-corrected chi connectivity index (χ2v) is 6.70. The molecule has 3 rings (SSSR count). The first-order chi connectivity index (χ1) is 10.4. The summed E-state index contributed by atoms with van der Waals surface area (Å²) < 4.78 is 5.85. The molecule has 2 atom stereocenters. The molecule has 1 saturated heterocycles. The Morgan fingerprint density at radius 1 is 1.10 bits per heavy atom. The van der Waals surface area contributed by atoms with Crippen molar-refractivity contribution in [3.63, 3.8) is 0 Å². The van der Waals surface area contributed by atoms with Crippen LogP contribution in [0.2, 0.25) is 0 Å². The third kappa shape index (κ3) is 3.87. The summed E-state index contributed by atoms with van der Waals surface area (Å²) in [5.41, 5.74) is 2.96. The van der Waals surface area contributed by atoms with Crippen molar-refractivity contribution in [2.75, 3.05) is 13.7 Å². The molecule has 2 unspecified atom stereocenters. The fourth-order valence-corrected chi connectivity index (χ4v) is 3.61. The van der Waals surface area contributed by atoms with E-state index in [1.165, 1.54) is 62.5 Å². The SMILES string of the molecule is CNC(CCC1CCCCO1)c1ccc(C2CCC2)cc1. The third-order valence-electron chi connectivity index (χ3n) is 5.32. The highest BCUT2D eigenvalue weighted by Crippen LogP contribution is 2.36. The maximum absolute atomic E-state index is 5.85. The summed E-state index contributed by atoms with van der Waals surface area (Å²) in [4.78, 5) is 0. The van der Waals surface area contributed by atoms with Gasteiger partial charge in [-0.05, 0) is 69.0 Å². The van der Waals surface area contributed by atoms with Crippen LogP contribution < -0.4 is 5.32 Å². The Labute approximate surface area is 129 Å². The van der Waals surface area contributed by atoms with Crippen LogP contribution in [0.25, 0.3) is 0 Å². The van der Waals surface area contributed by atoms with Crippen molar-refractivity contribution in [1.29, 1.82) is 0 Å². The van der Waals surface area contributed by atoms with Crippen LogP contribution in [0.15, 0.2) is 24.3 Å². The molecule has 1 N–H and O–H groups in total. The summed E-state index contributed by atoms with van der Waals surface area (Å²) in [6.45, 7) is 0.963. The molecule has 2 nitrogen and oxygen atoms in total. The van der Waals surface area contributed by atoms with Crippen molar-refractivity contribution < 1.29 is 4.74 Å². The van der Waals surface area contributed by atoms with E-state index < -0.39 is 0 Å². The van der Waals surface area contributed by atoms with Gasteiger partial charge in [0.25, 0.3) is 0 Å². The highest BCUT2D eigenvalue weighted by atomic mass is 16.5. The third-order valence-corrected chi connectivity index (χ3v) is 5.32. The number of rotatable bonds is 6. The molecule has 1 saturated carbocycles. The van der Waals surface area contributed by atoms with Crippen LogP contribution in [0.4, 0.5) is 0 Å². The second-order valence-electron chi connectivity index (χ2n) is 6.70. The van der Waals surface area contributed by atoms with Gasteiger partial charge in [-0.2, -0.15) is 0 Å². The Bertz CT molecular complexity index is 418. The molecule has 1 aromatic rings. The minimum Gasteiger partial charge on any atom is -0.378 e. The molecule has 1 aliphatic heterocycles. The van der Waals surface area contributed by atoms with Crippen LogP contribution in [0.3, 0.4) is 0 Å². The quantitative estimate of drug-likeness (QED) is 0.828.